The summed E-state index contributed by atoms with van der Waals surface area (Å²) >= 11 is 0. The van der Waals surface area contributed by atoms with Crippen molar-refractivity contribution in [1.82, 2.24) is 14.7 Å². The molecular weight excluding hydrogens is 446 g/mol. The maximum Gasteiger partial charge on any atom is 0.371 e. The lowest BCUT2D eigenvalue weighted by Crippen LogP contribution is -2.71. The minimum absolute atomic E-state index is 0.0662. The van der Waals surface area contributed by atoms with E-state index in [0.717, 1.165) is 83.7 Å². The van der Waals surface area contributed by atoms with Gasteiger partial charge in [0.2, 0.25) is 0 Å². The summed E-state index contributed by atoms with van der Waals surface area (Å²) in [7, 11) is 0. The Kier molecular flexibility index (Phi) is 8.78. The van der Waals surface area contributed by atoms with Crippen LogP contribution in [0.25, 0.3) is 0 Å². The standard InChI is InChI=1S/C27H47N3O5/c1-5-33-24(31)22-10-12-23(13-11-22)34-27(29-14-6-7-15-29,25(32)35-26(2,3)4)30-18-16-28(17-19-30)20-21-8-9-21/h21-23H,5-20H2,1-4H3. The van der Waals surface area contributed by atoms with E-state index in [1.165, 1.54) is 19.4 Å². The lowest BCUT2D eigenvalue weighted by molar-refractivity contribution is -0.281. The van der Waals surface area contributed by atoms with Gasteiger partial charge < -0.3 is 19.1 Å². The zero-order valence-corrected chi connectivity index (χ0v) is 22.4. The van der Waals surface area contributed by atoms with Gasteiger partial charge in [-0.15, -0.1) is 0 Å². The Balaban J connectivity index is 1.52. The molecule has 35 heavy (non-hydrogen) atoms. The van der Waals surface area contributed by atoms with Crippen LogP contribution >= 0.6 is 0 Å². The fraction of sp³-hybridized carbons (Fsp3) is 0.926. The summed E-state index contributed by atoms with van der Waals surface area (Å²) in [4.78, 5) is 33.3. The van der Waals surface area contributed by atoms with Crippen molar-refractivity contribution in [3.05, 3.63) is 0 Å². The van der Waals surface area contributed by atoms with E-state index >= 15 is 0 Å². The van der Waals surface area contributed by atoms with Gasteiger partial charge in [-0.3, -0.25) is 14.6 Å². The molecule has 0 bridgehead atoms. The number of esters is 2. The smallest absolute Gasteiger partial charge is 0.371 e. The van der Waals surface area contributed by atoms with E-state index in [9.17, 15) is 9.59 Å². The SMILES string of the molecule is CCOC(=O)C1CCC(OC(C(=O)OC(C)(C)C)(N2CCCC2)N2CCN(CC3CC3)CC2)CC1. The van der Waals surface area contributed by atoms with Crippen molar-refractivity contribution < 1.29 is 23.8 Å². The predicted octanol–water partition coefficient (Wildman–Crippen LogP) is 3.24. The predicted molar refractivity (Wildman–Crippen MR) is 134 cm³/mol. The first kappa shape index (κ1) is 26.8. The number of carbonyl (C=O) groups excluding carboxylic acids is 2. The average Bonchev–Trinajstić information content (AvgIpc) is 3.45. The molecule has 2 aliphatic heterocycles. The van der Waals surface area contributed by atoms with Crippen molar-refractivity contribution in [2.45, 2.75) is 96.6 Å². The van der Waals surface area contributed by atoms with Crippen LogP contribution in [0.1, 0.15) is 79.1 Å². The summed E-state index contributed by atoms with van der Waals surface area (Å²) in [5.74, 6) is -0.785. The van der Waals surface area contributed by atoms with Crippen molar-refractivity contribution in [1.29, 1.82) is 0 Å². The molecule has 200 valence electrons. The summed E-state index contributed by atoms with van der Waals surface area (Å²) < 4.78 is 18.3. The van der Waals surface area contributed by atoms with Crippen LogP contribution in [0, 0.1) is 11.8 Å². The maximum atomic E-state index is 14.0. The minimum atomic E-state index is -1.20. The van der Waals surface area contributed by atoms with Crippen LogP contribution in [0.2, 0.25) is 0 Å². The van der Waals surface area contributed by atoms with E-state index in [4.69, 9.17) is 14.2 Å². The minimum Gasteiger partial charge on any atom is -0.466 e. The van der Waals surface area contributed by atoms with Crippen LogP contribution in [0.5, 0.6) is 0 Å². The molecule has 0 aromatic carbocycles. The largest absolute Gasteiger partial charge is 0.466 e. The summed E-state index contributed by atoms with van der Waals surface area (Å²) in [5, 5.41) is 0. The van der Waals surface area contributed by atoms with Crippen LogP contribution in [-0.4, -0.2) is 96.6 Å². The number of hydrogen-bond acceptors (Lipinski definition) is 8. The second-order valence-electron chi connectivity index (χ2n) is 11.9. The Labute approximate surface area is 211 Å². The Bertz CT molecular complexity index is 715. The van der Waals surface area contributed by atoms with E-state index < -0.39 is 11.4 Å². The van der Waals surface area contributed by atoms with Crippen LogP contribution < -0.4 is 0 Å². The highest BCUT2D eigenvalue weighted by Crippen LogP contribution is 2.37. The van der Waals surface area contributed by atoms with Gasteiger partial charge in [0.1, 0.15) is 5.60 Å². The van der Waals surface area contributed by atoms with Crippen molar-refractivity contribution in [2.75, 3.05) is 52.4 Å². The molecule has 2 saturated carbocycles. The Morgan fingerprint density at radius 3 is 1.97 bits per heavy atom. The Morgan fingerprint density at radius 1 is 0.829 bits per heavy atom. The van der Waals surface area contributed by atoms with Gasteiger partial charge in [0.25, 0.3) is 5.85 Å². The molecule has 0 radical (unpaired) electrons. The number of rotatable bonds is 9. The molecule has 8 heteroatoms. The van der Waals surface area contributed by atoms with Gasteiger partial charge in [0.05, 0.1) is 18.6 Å². The number of piperazine rings is 1. The summed E-state index contributed by atoms with van der Waals surface area (Å²) in [6, 6.07) is 0. The van der Waals surface area contributed by atoms with Gasteiger partial charge in [-0.25, -0.2) is 4.79 Å². The molecule has 4 fully saturated rings. The molecule has 0 aromatic heterocycles. The van der Waals surface area contributed by atoms with Crippen molar-refractivity contribution in [2.24, 2.45) is 11.8 Å². The van der Waals surface area contributed by atoms with E-state index in [1.807, 2.05) is 27.7 Å². The van der Waals surface area contributed by atoms with Crippen molar-refractivity contribution in [3.63, 3.8) is 0 Å². The summed E-state index contributed by atoms with van der Waals surface area (Å²) in [6.45, 7) is 14.4. The molecule has 2 saturated heterocycles. The van der Waals surface area contributed by atoms with Crippen molar-refractivity contribution >= 4 is 11.9 Å². The lowest BCUT2D eigenvalue weighted by Gasteiger charge is -2.51. The van der Waals surface area contributed by atoms with Gasteiger partial charge in [0.15, 0.2) is 0 Å². The topological polar surface area (TPSA) is 71.5 Å². The van der Waals surface area contributed by atoms with Crippen LogP contribution in [-0.2, 0) is 23.8 Å². The maximum absolute atomic E-state index is 14.0. The monoisotopic (exact) mass is 493 g/mol. The third kappa shape index (κ3) is 6.76. The van der Waals surface area contributed by atoms with Gasteiger partial charge in [-0.05, 0) is 85.0 Å². The molecule has 4 rings (SSSR count). The third-order valence-corrected chi connectivity index (χ3v) is 7.84. The molecule has 0 amide bonds. The molecule has 2 heterocycles. The molecule has 2 aliphatic carbocycles. The number of nitrogens with zero attached hydrogens (tertiary/aromatic N) is 3. The average molecular weight is 494 g/mol. The van der Waals surface area contributed by atoms with Gasteiger partial charge in [-0.2, -0.15) is 0 Å². The summed E-state index contributed by atoms with van der Waals surface area (Å²) in [6.07, 6.45) is 7.73. The number of carbonyl (C=O) groups is 2. The first-order valence-corrected chi connectivity index (χ1v) is 14.0. The van der Waals surface area contributed by atoms with E-state index in [2.05, 4.69) is 14.7 Å². The zero-order chi connectivity index (χ0) is 25.1. The molecule has 0 aromatic rings. The Hall–Kier alpha value is -1.22. The number of likely N-dealkylation sites (tertiary alicyclic amines) is 1. The highest BCUT2D eigenvalue weighted by molar-refractivity contribution is 5.79. The van der Waals surface area contributed by atoms with Crippen LogP contribution in [0.4, 0.5) is 0 Å². The molecule has 4 aliphatic rings. The van der Waals surface area contributed by atoms with Gasteiger partial charge in [0, 0.05) is 45.8 Å². The fourth-order valence-electron chi connectivity index (χ4n) is 5.83. The molecule has 1 unspecified atom stereocenters. The highest BCUT2D eigenvalue weighted by atomic mass is 16.6. The van der Waals surface area contributed by atoms with Crippen molar-refractivity contribution in [3.8, 4) is 0 Å². The number of ether oxygens (including phenoxy) is 3. The second-order valence-corrected chi connectivity index (χ2v) is 11.9. The second kappa shape index (κ2) is 11.4. The zero-order valence-electron chi connectivity index (χ0n) is 22.4. The molecule has 1 atom stereocenters. The number of hydrogen-bond donors (Lipinski definition) is 0. The third-order valence-electron chi connectivity index (χ3n) is 7.84. The van der Waals surface area contributed by atoms with Crippen LogP contribution in [0.15, 0.2) is 0 Å². The molecule has 0 N–H and O–H groups in total. The van der Waals surface area contributed by atoms with Gasteiger partial charge in [-0.1, -0.05) is 0 Å². The van der Waals surface area contributed by atoms with E-state index in [1.54, 1.807) is 0 Å². The Morgan fingerprint density at radius 2 is 1.43 bits per heavy atom. The first-order valence-electron chi connectivity index (χ1n) is 14.0. The van der Waals surface area contributed by atoms with Crippen LogP contribution in [0.3, 0.4) is 0 Å². The highest BCUT2D eigenvalue weighted by Gasteiger charge is 2.56. The molecular formula is C27H47N3O5. The normalized spacial score (nSPS) is 29.0. The lowest BCUT2D eigenvalue weighted by atomic mass is 9.87. The molecule has 0 spiro atoms. The summed E-state index contributed by atoms with van der Waals surface area (Å²) in [5.41, 5.74) is -0.596. The first-order chi connectivity index (χ1) is 16.7. The van der Waals surface area contributed by atoms with E-state index in [-0.39, 0.29) is 24.0 Å². The van der Waals surface area contributed by atoms with Gasteiger partial charge >= 0.3 is 11.9 Å². The molecule has 8 nitrogen and oxygen atoms in total. The fourth-order valence-corrected chi connectivity index (χ4v) is 5.83. The van der Waals surface area contributed by atoms with E-state index in [0.29, 0.717) is 6.61 Å². The quantitative estimate of drug-likeness (QED) is 0.454.